The van der Waals surface area contributed by atoms with Gasteiger partial charge in [-0.05, 0) is 45.8 Å². The maximum absolute atomic E-state index is 14.1. The highest BCUT2D eigenvalue weighted by molar-refractivity contribution is 9.10. The number of nitrogens with two attached hydrogens (primary N) is 1. The Morgan fingerprint density at radius 1 is 1.25 bits per heavy atom. The lowest BCUT2D eigenvalue weighted by molar-refractivity contribution is 0.281. The highest BCUT2D eigenvalue weighted by Gasteiger charge is 2.14. The van der Waals surface area contributed by atoms with Crippen molar-refractivity contribution in [1.82, 2.24) is 0 Å². The fraction of sp³-hybridized carbons (Fsp3) is 0.0714. The molecule has 4 nitrogen and oxygen atoms in total. The quantitative estimate of drug-likeness (QED) is 0.591. The van der Waals surface area contributed by atoms with Crippen LogP contribution in [0.3, 0.4) is 0 Å². The number of halogens is 2. The van der Waals surface area contributed by atoms with E-state index in [1.54, 1.807) is 24.3 Å². The molecule has 0 aromatic heterocycles. The maximum atomic E-state index is 14.1. The standard InChI is InChI=1S/C14H12BrFN2O2/c15-12-10(14(17)18)5-6-11(13(12)16)20-9-3-1-8(7-19)2-4-9/h1-6,19H,7H2,(H3,17,18). The fourth-order valence-corrected chi connectivity index (χ4v) is 2.15. The van der Waals surface area contributed by atoms with Crippen LogP contribution < -0.4 is 10.5 Å². The lowest BCUT2D eigenvalue weighted by Crippen LogP contribution is -2.12. The summed E-state index contributed by atoms with van der Waals surface area (Å²) in [5.41, 5.74) is 6.35. The van der Waals surface area contributed by atoms with Crippen molar-refractivity contribution in [3.63, 3.8) is 0 Å². The Hall–Kier alpha value is -1.92. The summed E-state index contributed by atoms with van der Waals surface area (Å²) in [5, 5.41) is 16.3. The Morgan fingerprint density at radius 2 is 1.90 bits per heavy atom. The molecule has 0 saturated heterocycles. The van der Waals surface area contributed by atoms with Gasteiger partial charge in [0, 0.05) is 5.56 Å². The second kappa shape index (κ2) is 6.02. The fourth-order valence-electron chi connectivity index (χ4n) is 1.61. The van der Waals surface area contributed by atoms with Crippen molar-refractivity contribution in [3.8, 4) is 11.5 Å². The van der Waals surface area contributed by atoms with Gasteiger partial charge in [0.2, 0.25) is 0 Å². The van der Waals surface area contributed by atoms with E-state index in [0.717, 1.165) is 5.56 Å². The molecule has 0 aliphatic rings. The van der Waals surface area contributed by atoms with Gasteiger partial charge in [-0.1, -0.05) is 12.1 Å². The van der Waals surface area contributed by atoms with Crippen molar-refractivity contribution in [3.05, 3.63) is 57.8 Å². The van der Waals surface area contributed by atoms with Gasteiger partial charge >= 0.3 is 0 Å². The number of aliphatic hydroxyl groups is 1. The van der Waals surface area contributed by atoms with Crippen LogP contribution in [0.15, 0.2) is 40.9 Å². The number of amidine groups is 1. The van der Waals surface area contributed by atoms with E-state index in [-0.39, 0.29) is 28.2 Å². The molecule has 0 spiro atoms. The second-order valence-corrected chi connectivity index (χ2v) is 4.85. The van der Waals surface area contributed by atoms with Crippen LogP contribution in [0.5, 0.6) is 11.5 Å². The molecule has 20 heavy (non-hydrogen) atoms. The third kappa shape index (κ3) is 2.97. The highest BCUT2D eigenvalue weighted by atomic mass is 79.9. The summed E-state index contributed by atoms with van der Waals surface area (Å²) in [5.74, 6) is -0.374. The molecule has 0 radical (unpaired) electrons. The van der Waals surface area contributed by atoms with Crippen molar-refractivity contribution in [2.24, 2.45) is 5.73 Å². The van der Waals surface area contributed by atoms with Crippen LogP contribution >= 0.6 is 15.9 Å². The molecule has 0 unspecified atom stereocenters. The van der Waals surface area contributed by atoms with Crippen molar-refractivity contribution in [1.29, 1.82) is 5.41 Å². The summed E-state index contributed by atoms with van der Waals surface area (Å²) >= 11 is 3.06. The molecule has 6 heteroatoms. The smallest absolute Gasteiger partial charge is 0.180 e. The number of nitrogen functional groups attached to an aromatic ring is 1. The number of hydrogen-bond donors (Lipinski definition) is 3. The summed E-state index contributed by atoms with van der Waals surface area (Å²) < 4.78 is 19.6. The van der Waals surface area contributed by atoms with Gasteiger partial charge in [0.1, 0.15) is 11.6 Å². The Labute approximate surface area is 123 Å². The minimum absolute atomic E-state index is 0.0265. The van der Waals surface area contributed by atoms with E-state index in [1.165, 1.54) is 12.1 Å². The largest absolute Gasteiger partial charge is 0.454 e. The first-order chi connectivity index (χ1) is 9.52. The first-order valence-corrected chi connectivity index (χ1v) is 6.52. The first-order valence-electron chi connectivity index (χ1n) is 5.73. The zero-order valence-electron chi connectivity index (χ0n) is 10.4. The monoisotopic (exact) mass is 338 g/mol. The van der Waals surface area contributed by atoms with Crippen molar-refractivity contribution >= 4 is 21.8 Å². The lowest BCUT2D eigenvalue weighted by Gasteiger charge is -2.10. The molecule has 0 atom stereocenters. The van der Waals surface area contributed by atoms with E-state index < -0.39 is 5.82 Å². The molecule has 0 aliphatic carbocycles. The number of nitrogens with one attached hydrogen (secondary N) is 1. The van der Waals surface area contributed by atoms with Crippen LogP contribution in [-0.4, -0.2) is 10.9 Å². The number of benzene rings is 2. The van der Waals surface area contributed by atoms with Gasteiger partial charge in [0.05, 0.1) is 11.1 Å². The molecule has 2 aromatic rings. The summed E-state index contributed by atoms with van der Waals surface area (Å²) in [6, 6.07) is 9.57. The third-order valence-electron chi connectivity index (χ3n) is 2.67. The molecule has 0 saturated carbocycles. The average molecular weight is 339 g/mol. The van der Waals surface area contributed by atoms with Crippen LogP contribution in [0.4, 0.5) is 4.39 Å². The molecule has 2 rings (SSSR count). The Bertz CT molecular complexity index is 644. The number of rotatable bonds is 4. The molecule has 0 bridgehead atoms. The molecular weight excluding hydrogens is 327 g/mol. The molecule has 0 heterocycles. The minimum atomic E-state index is -0.621. The Kier molecular flexibility index (Phi) is 4.36. The van der Waals surface area contributed by atoms with Gasteiger partial charge in [-0.3, -0.25) is 5.41 Å². The van der Waals surface area contributed by atoms with Crippen molar-refractivity contribution < 1.29 is 14.2 Å². The highest BCUT2D eigenvalue weighted by Crippen LogP contribution is 2.31. The predicted molar refractivity (Wildman–Crippen MR) is 77.6 cm³/mol. The van der Waals surface area contributed by atoms with Gasteiger partial charge in [0.25, 0.3) is 0 Å². The molecule has 0 amide bonds. The van der Waals surface area contributed by atoms with Crippen LogP contribution in [-0.2, 0) is 6.61 Å². The molecule has 104 valence electrons. The lowest BCUT2D eigenvalue weighted by atomic mass is 10.2. The average Bonchev–Trinajstić information content (AvgIpc) is 2.44. The second-order valence-electron chi connectivity index (χ2n) is 4.06. The number of hydrogen-bond acceptors (Lipinski definition) is 3. The Balaban J connectivity index is 2.29. The van der Waals surface area contributed by atoms with Crippen LogP contribution in [0.25, 0.3) is 0 Å². The normalized spacial score (nSPS) is 10.3. The van der Waals surface area contributed by atoms with Crippen LogP contribution in [0, 0.1) is 11.2 Å². The summed E-state index contributed by atoms with van der Waals surface area (Å²) in [7, 11) is 0. The molecule has 2 aromatic carbocycles. The third-order valence-corrected chi connectivity index (χ3v) is 3.45. The van der Waals surface area contributed by atoms with E-state index in [2.05, 4.69) is 15.9 Å². The van der Waals surface area contributed by atoms with E-state index in [0.29, 0.717) is 5.75 Å². The predicted octanol–water partition coefficient (Wildman–Crippen LogP) is 3.16. The summed E-state index contributed by atoms with van der Waals surface area (Å²) in [6.07, 6.45) is 0. The van der Waals surface area contributed by atoms with Crippen molar-refractivity contribution in [2.45, 2.75) is 6.61 Å². The van der Waals surface area contributed by atoms with Gasteiger partial charge in [-0.25, -0.2) is 4.39 Å². The maximum Gasteiger partial charge on any atom is 0.180 e. The van der Waals surface area contributed by atoms with E-state index in [1.807, 2.05) is 0 Å². The molecule has 0 fully saturated rings. The van der Waals surface area contributed by atoms with Crippen molar-refractivity contribution in [2.75, 3.05) is 0 Å². The number of ether oxygens (including phenoxy) is 1. The van der Waals surface area contributed by atoms with Crippen LogP contribution in [0.2, 0.25) is 0 Å². The van der Waals surface area contributed by atoms with E-state index in [4.69, 9.17) is 21.0 Å². The van der Waals surface area contributed by atoms with Gasteiger partial charge in [-0.15, -0.1) is 0 Å². The molecular formula is C14H12BrFN2O2. The SMILES string of the molecule is N=C(N)c1ccc(Oc2ccc(CO)cc2)c(F)c1Br. The topological polar surface area (TPSA) is 79.3 Å². The summed E-state index contributed by atoms with van der Waals surface area (Å²) in [4.78, 5) is 0. The zero-order chi connectivity index (χ0) is 14.7. The van der Waals surface area contributed by atoms with Gasteiger partial charge < -0.3 is 15.6 Å². The first kappa shape index (κ1) is 14.5. The molecule has 0 aliphatic heterocycles. The summed E-state index contributed by atoms with van der Waals surface area (Å²) in [6.45, 7) is -0.0620. The van der Waals surface area contributed by atoms with E-state index >= 15 is 0 Å². The number of aliphatic hydroxyl groups excluding tert-OH is 1. The van der Waals surface area contributed by atoms with Crippen LogP contribution in [0.1, 0.15) is 11.1 Å². The minimum Gasteiger partial charge on any atom is -0.454 e. The molecule has 4 N–H and O–H groups in total. The van der Waals surface area contributed by atoms with E-state index in [9.17, 15) is 4.39 Å². The Morgan fingerprint density at radius 3 is 2.45 bits per heavy atom. The van der Waals surface area contributed by atoms with Gasteiger partial charge in [-0.2, -0.15) is 0 Å². The zero-order valence-corrected chi connectivity index (χ0v) is 11.9. The van der Waals surface area contributed by atoms with Gasteiger partial charge in [0.15, 0.2) is 11.6 Å².